The topological polar surface area (TPSA) is 73.4 Å². The largest absolute Gasteiger partial charge is 0.378 e. The second-order valence-electron chi connectivity index (χ2n) is 8.08. The molecule has 2 aromatic heterocycles. The molecule has 0 spiro atoms. The molecule has 1 aliphatic carbocycles. The van der Waals surface area contributed by atoms with Gasteiger partial charge in [0, 0.05) is 48.9 Å². The minimum Gasteiger partial charge on any atom is -0.378 e. The molecule has 0 saturated carbocycles. The van der Waals surface area contributed by atoms with Crippen molar-refractivity contribution in [2.75, 3.05) is 37.7 Å². The van der Waals surface area contributed by atoms with Crippen molar-refractivity contribution in [2.45, 2.75) is 12.5 Å². The van der Waals surface area contributed by atoms with Gasteiger partial charge in [-0.2, -0.15) is 0 Å². The molecule has 0 amide bonds. The summed E-state index contributed by atoms with van der Waals surface area (Å²) in [5.74, 6) is 0. The maximum absolute atomic E-state index is 13.1. The lowest BCUT2D eigenvalue weighted by molar-refractivity contribution is 0.122. The molecule has 2 aliphatic rings. The molecular weight excluding hydrogens is 424 g/mol. The lowest BCUT2D eigenvalue weighted by atomic mass is 10.0. The summed E-state index contributed by atoms with van der Waals surface area (Å²) in [6.45, 7) is 3.48. The van der Waals surface area contributed by atoms with Crippen molar-refractivity contribution in [3.05, 3.63) is 98.7 Å². The van der Waals surface area contributed by atoms with E-state index in [1.165, 1.54) is 0 Å². The number of aromatic nitrogens is 2. The molecule has 32 heavy (non-hydrogen) atoms. The Hall–Kier alpha value is -2.93. The molecule has 5 rings (SSSR count). The quantitative estimate of drug-likeness (QED) is 0.648. The molecule has 164 valence electrons. The van der Waals surface area contributed by atoms with Crippen LogP contribution in [0.4, 0.5) is 5.69 Å². The molecule has 1 aliphatic heterocycles. The molecule has 1 fully saturated rings. The molecule has 0 bridgehead atoms. The second-order valence-corrected chi connectivity index (χ2v) is 8.51. The summed E-state index contributed by atoms with van der Waals surface area (Å²) in [5, 5.41) is 0.627. The van der Waals surface area contributed by atoms with Crippen molar-refractivity contribution >= 4 is 22.9 Å². The number of hydrogen-bond donors (Lipinski definition) is 1. The molecule has 7 heteroatoms. The zero-order valence-electron chi connectivity index (χ0n) is 17.7. The van der Waals surface area contributed by atoms with Gasteiger partial charge in [-0.1, -0.05) is 29.8 Å². The average Bonchev–Trinajstić information content (AvgIpc) is 3.24. The van der Waals surface area contributed by atoms with Gasteiger partial charge < -0.3 is 19.9 Å². The fourth-order valence-corrected chi connectivity index (χ4v) is 4.69. The highest BCUT2D eigenvalue weighted by Gasteiger charge is 2.21. The lowest BCUT2D eigenvalue weighted by Crippen LogP contribution is -2.36. The Kier molecular flexibility index (Phi) is 5.83. The number of benzene rings is 1. The number of nitrogens with zero attached hydrogens (tertiary/aromatic N) is 3. The van der Waals surface area contributed by atoms with Crippen LogP contribution in [0.1, 0.15) is 28.4 Å². The number of nitrogens with two attached hydrogens (primary N) is 1. The van der Waals surface area contributed by atoms with Gasteiger partial charge in [-0.3, -0.25) is 9.78 Å². The van der Waals surface area contributed by atoms with Crippen molar-refractivity contribution in [1.29, 1.82) is 0 Å². The van der Waals surface area contributed by atoms with Gasteiger partial charge in [-0.05, 0) is 41.0 Å². The Labute approximate surface area is 191 Å². The molecule has 1 atom stereocenters. The monoisotopic (exact) mass is 448 g/mol. The Balaban J connectivity index is 1.46. The van der Waals surface area contributed by atoms with Crippen LogP contribution in [-0.2, 0) is 11.2 Å². The number of rotatable bonds is 5. The first-order valence-electron chi connectivity index (χ1n) is 10.8. The summed E-state index contributed by atoms with van der Waals surface area (Å²) in [7, 11) is 0. The molecule has 0 radical (unpaired) electrons. The van der Waals surface area contributed by atoms with Gasteiger partial charge in [0.1, 0.15) is 0 Å². The number of ether oxygens (including phenoxy) is 1. The second kappa shape index (κ2) is 8.90. The zero-order valence-corrected chi connectivity index (χ0v) is 18.5. The van der Waals surface area contributed by atoms with Gasteiger partial charge in [0.05, 0.1) is 36.8 Å². The predicted octanol–water partition coefficient (Wildman–Crippen LogP) is 3.27. The molecule has 1 aromatic carbocycles. The average molecular weight is 449 g/mol. The van der Waals surface area contributed by atoms with Crippen molar-refractivity contribution in [3.63, 3.8) is 0 Å². The van der Waals surface area contributed by atoms with E-state index in [4.69, 9.17) is 27.1 Å². The highest BCUT2D eigenvalue weighted by molar-refractivity contribution is 6.30. The number of fused-ring (bicyclic) bond motifs is 1. The van der Waals surface area contributed by atoms with E-state index in [0.29, 0.717) is 11.6 Å². The SMILES string of the molecule is NCC(c1cccc(Cl)c1)n1ccc(C2=CCc3ncc(N4CCOCC4)cc32)cc1=O. The van der Waals surface area contributed by atoms with Gasteiger partial charge in [-0.15, -0.1) is 0 Å². The van der Waals surface area contributed by atoms with E-state index in [9.17, 15) is 4.79 Å². The summed E-state index contributed by atoms with van der Waals surface area (Å²) in [6.07, 6.45) is 6.69. The molecule has 1 saturated heterocycles. The van der Waals surface area contributed by atoms with Gasteiger partial charge in [0.25, 0.3) is 5.56 Å². The van der Waals surface area contributed by atoms with Crippen LogP contribution in [-0.4, -0.2) is 42.4 Å². The van der Waals surface area contributed by atoms with Gasteiger partial charge >= 0.3 is 0 Å². The van der Waals surface area contributed by atoms with E-state index < -0.39 is 0 Å². The van der Waals surface area contributed by atoms with Crippen LogP contribution in [0.2, 0.25) is 5.02 Å². The minimum absolute atomic E-state index is 0.0930. The third-order valence-electron chi connectivity index (χ3n) is 6.17. The van der Waals surface area contributed by atoms with Gasteiger partial charge in [0.2, 0.25) is 0 Å². The fourth-order valence-electron chi connectivity index (χ4n) is 4.49. The normalized spacial score (nSPS) is 16.6. The van der Waals surface area contributed by atoms with Crippen molar-refractivity contribution < 1.29 is 4.74 Å². The first kappa shape index (κ1) is 20.9. The van der Waals surface area contributed by atoms with Crippen LogP contribution in [0.3, 0.4) is 0 Å². The molecule has 3 aromatic rings. The van der Waals surface area contributed by atoms with Gasteiger partial charge in [0.15, 0.2) is 0 Å². The molecule has 1 unspecified atom stereocenters. The van der Waals surface area contributed by atoms with Crippen LogP contribution in [0.25, 0.3) is 5.57 Å². The van der Waals surface area contributed by atoms with Crippen molar-refractivity contribution in [3.8, 4) is 0 Å². The summed E-state index contributed by atoms with van der Waals surface area (Å²) in [5.41, 5.74) is 12.0. The van der Waals surface area contributed by atoms with Crippen LogP contribution in [0.15, 0.2) is 65.7 Å². The van der Waals surface area contributed by atoms with E-state index in [1.807, 2.05) is 42.7 Å². The summed E-state index contributed by atoms with van der Waals surface area (Å²) >= 11 is 6.15. The van der Waals surface area contributed by atoms with E-state index >= 15 is 0 Å². The van der Waals surface area contributed by atoms with E-state index in [-0.39, 0.29) is 11.6 Å². The minimum atomic E-state index is -0.269. The first-order valence-corrected chi connectivity index (χ1v) is 11.2. The zero-order chi connectivity index (χ0) is 22.1. The number of hydrogen-bond acceptors (Lipinski definition) is 5. The van der Waals surface area contributed by atoms with Crippen LogP contribution in [0.5, 0.6) is 0 Å². The lowest BCUT2D eigenvalue weighted by Gasteiger charge is -2.29. The molecule has 2 N–H and O–H groups in total. The molecular formula is C25H25ClN4O2. The Morgan fingerprint density at radius 1 is 1.16 bits per heavy atom. The van der Waals surface area contributed by atoms with E-state index in [2.05, 4.69) is 17.0 Å². The number of morpholine rings is 1. The highest BCUT2D eigenvalue weighted by Crippen LogP contribution is 2.34. The maximum atomic E-state index is 13.1. The van der Waals surface area contributed by atoms with Crippen molar-refractivity contribution in [2.24, 2.45) is 5.73 Å². The first-order chi connectivity index (χ1) is 15.6. The van der Waals surface area contributed by atoms with E-state index in [1.54, 1.807) is 10.6 Å². The Morgan fingerprint density at radius 2 is 2.00 bits per heavy atom. The molecule has 6 nitrogen and oxygen atoms in total. The maximum Gasteiger partial charge on any atom is 0.251 e. The smallest absolute Gasteiger partial charge is 0.251 e. The number of anilines is 1. The fraction of sp³-hybridized carbons (Fsp3) is 0.280. The van der Waals surface area contributed by atoms with Crippen LogP contribution >= 0.6 is 11.6 Å². The van der Waals surface area contributed by atoms with E-state index in [0.717, 1.165) is 66.4 Å². The van der Waals surface area contributed by atoms with Crippen LogP contribution < -0.4 is 16.2 Å². The Morgan fingerprint density at radius 3 is 2.75 bits per heavy atom. The predicted molar refractivity (Wildman–Crippen MR) is 127 cm³/mol. The number of halogens is 1. The molecule has 3 heterocycles. The number of pyridine rings is 2. The Bertz CT molecular complexity index is 1230. The van der Waals surface area contributed by atoms with Gasteiger partial charge in [-0.25, -0.2) is 0 Å². The summed E-state index contributed by atoms with van der Waals surface area (Å²) < 4.78 is 7.14. The summed E-state index contributed by atoms with van der Waals surface area (Å²) in [6, 6.07) is 13.1. The van der Waals surface area contributed by atoms with Crippen molar-refractivity contribution in [1.82, 2.24) is 9.55 Å². The summed E-state index contributed by atoms with van der Waals surface area (Å²) in [4.78, 5) is 20.1. The third kappa shape index (κ3) is 3.97. The highest BCUT2D eigenvalue weighted by atomic mass is 35.5. The standard InChI is InChI=1S/C25H25ClN4O2/c26-19-3-1-2-18(12-19)24(15-27)30-7-6-17(13-25(30)31)21-4-5-23-22(21)14-20(16-28-23)29-8-10-32-11-9-29/h1-4,6-7,12-14,16,24H,5,8-11,15,27H2. The van der Waals surface area contributed by atoms with Crippen LogP contribution in [0, 0.1) is 0 Å². The number of allylic oxidation sites excluding steroid dienone is 1. The third-order valence-corrected chi connectivity index (χ3v) is 6.41.